The Labute approximate surface area is 116 Å². The van der Waals surface area contributed by atoms with Crippen molar-refractivity contribution in [2.24, 2.45) is 5.92 Å². The first-order valence-corrected chi connectivity index (χ1v) is 7.35. The quantitative estimate of drug-likeness (QED) is 0.882. The number of likely N-dealkylation sites (tertiary alicyclic amines) is 1. The smallest absolute Gasteiger partial charge is 0.251 e. The molecule has 1 aromatic carbocycles. The highest BCUT2D eigenvalue weighted by Gasteiger charge is 2.19. The maximum atomic E-state index is 11.9. The number of nitrogens with zero attached hydrogens (tertiary/aromatic N) is 1. The largest absolute Gasteiger partial charge is 0.352 e. The van der Waals surface area contributed by atoms with Gasteiger partial charge in [0.05, 0.1) is 0 Å². The molecule has 0 bridgehead atoms. The Hall–Kier alpha value is -1.35. The van der Waals surface area contributed by atoms with Gasteiger partial charge in [-0.2, -0.15) is 0 Å². The minimum atomic E-state index is 0.0524. The summed E-state index contributed by atoms with van der Waals surface area (Å²) in [7, 11) is 0. The molecular formula is C16H24N2O. The number of carbonyl (C=O) groups is 1. The van der Waals surface area contributed by atoms with Crippen LogP contribution < -0.4 is 5.32 Å². The van der Waals surface area contributed by atoms with Crippen LogP contribution in [-0.2, 0) is 0 Å². The molecule has 3 nitrogen and oxygen atoms in total. The van der Waals surface area contributed by atoms with E-state index in [1.165, 1.54) is 38.9 Å². The minimum Gasteiger partial charge on any atom is -0.352 e. The third-order valence-electron chi connectivity index (χ3n) is 3.83. The van der Waals surface area contributed by atoms with Gasteiger partial charge in [-0.05, 0) is 56.9 Å². The highest BCUT2D eigenvalue weighted by molar-refractivity contribution is 5.94. The van der Waals surface area contributed by atoms with E-state index in [1.807, 2.05) is 30.3 Å². The maximum Gasteiger partial charge on any atom is 0.251 e. The molecule has 104 valence electrons. The molecule has 0 unspecified atom stereocenters. The van der Waals surface area contributed by atoms with Crippen LogP contribution >= 0.6 is 0 Å². The van der Waals surface area contributed by atoms with Crippen LogP contribution in [0.4, 0.5) is 0 Å². The predicted octanol–water partition coefficient (Wildman–Crippen LogP) is 2.54. The van der Waals surface area contributed by atoms with Gasteiger partial charge < -0.3 is 10.2 Å². The molecule has 0 saturated carbocycles. The first kappa shape index (κ1) is 14.1. The van der Waals surface area contributed by atoms with Crippen molar-refractivity contribution in [2.45, 2.75) is 26.2 Å². The van der Waals surface area contributed by atoms with Crippen LogP contribution in [0, 0.1) is 5.92 Å². The second-order valence-electron chi connectivity index (χ2n) is 5.36. The Balaban J connectivity index is 1.71. The Morgan fingerprint density at radius 2 is 1.95 bits per heavy atom. The molecule has 1 fully saturated rings. The van der Waals surface area contributed by atoms with Crippen LogP contribution in [0.25, 0.3) is 0 Å². The molecule has 19 heavy (non-hydrogen) atoms. The Morgan fingerprint density at radius 3 is 2.58 bits per heavy atom. The summed E-state index contributed by atoms with van der Waals surface area (Å²) >= 11 is 0. The lowest BCUT2D eigenvalue weighted by Crippen LogP contribution is -2.38. The monoisotopic (exact) mass is 260 g/mol. The average molecular weight is 260 g/mol. The molecule has 0 aliphatic carbocycles. The fraction of sp³-hybridized carbons (Fsp3) is 0.562. The molecule has 0 radical (unpaired) electrons. The van der Waals surface area contributed by atoms with Crippen LogP contribution in [0.1, 0.15) is 36.5 Å². The first-order valence-electron chi connectivity index (χ1n) is 7.35. The molecule has 1 amide bonds. The van der Waals surface area contributed by atoms with Crippen LogP contribution in [0.3, 0.4) is 0 Å². The molecule has 3 heteroatoms. The number of amides is 1. The molecule has 1 aliphatic heterocycles. The number of carbonyl (C=O) groups excluding carboxylic acids is 1. The van der Waals surface area contributed by atoms with Crippen molar-refractivity contribution < 1.29 is 4.79 Å². The zero-order valence-electron chi connectivity index (χ0n) is 11.8. The number of hydrogen-bond donors (Lipinski definition) is 1. The van der Waals surface area contributed by atoms with Crippen molar-refractivity contribution in [1.82, 2.24) is 10.2 Å². The fourth-order valence-electron chi connectivity index (χ4n) is 2.66. The summed E-state index contributed by atoms with van der Waals surface area (Å²) in [6.07, 6.45) is 3.64. The zero-order valence-corrected chi connectivity index (χ0v) is 11.8. The number of nitrogens with one attached hydrogen (secondary N) is 1. The Bertz CT molecular complexity index is 383. The van der Waals surface area contributed by atoms with Crippen LogP contribution in [-0.4, -0.2) is 37.0 Å². The summed E-state index contributed by atoms with van der Waals surface area (Å²) in [6, 6.07) is 9.45. The molecule has 2 rings (SSSR count). The Kier molecular flexibility index (Phi) is 5.40. The van der Waals surface area contributed by atoms with E-state index in [4.69, 9.17) is 0 Å². The van der Waals surface area contributed by atoms with Crippen molar-refractivity contribution in [3.8, 4) is 0 Å². The van der Waals surface area contributed by atoms with Gasteiger partial charge in [0.15, 0.2) is 0 Å². The van der Waals surface area contributed by atoms with Gasteiger partial charge in [0, 0.05) is 12.1 Å². The van der Waals surface area contributed by atoms with Crippen molar-refractivity contribution in [3.63, 3.8) is 0 Å². The molecule has 1 aromatic rings. The summed E-state index contributed by atoms with van der Waals surface area (Å²) < 4.78 is 0. The van der Waals surface area contributed by atoms with E-state index in [-0.39, 0.29) is 5.91 Å². The number of benzene rings is 1. The van der Waals surface area contributed by atoms with Crippen molar-refractivity contribution in [2.75, 3.05) is 26.2 Å². The molecule has 1 aliphatic rings. The topological polar surface area (TPSA) is 32.3 Å². The van der Waals surface area contributed by atoms with E-state index in [0.717, 1.165) is 12.1 Å². The van der Waals surface area contributed by atoms with Gasteiger partial charge in [-0.25, -0.2) is 0 Å². The summed E-state index contributed by atoms with van der Waals surface area (Å²) in [4.78, 5) is 14.5. The van der Waals surface area contributed by atoms with E-state index >= 15 is 0 Å². The summed E-state index contributed by atoms with van der Waals surface area (Å²) in [5.41, 5.74) is 0.755. The van der Waals surface area contributed by atoms with E-state index < -0.39 is 0 Å². The number of piperidine rings is 1. The van der Waals surface area contributed by atoms with Crippen LogP contribution in [0.5, 0.6) is 0 Å². The summed E-state index contributed by atoms with van der Waals surface area (Å²) in [5.74, 6) is 0.692. The van der Waals surface area contributed by atoms with Crippen molar-refractivity contribution in [1.29, 1.82) is 0 Å². The lowest BCUT2D eigenvalue weighted by Gasteiger charge is -2.31. The van der Waals surface area contributed by atoms with Crippen molar-refractivity contribution >= 4 is 5.91 Å². The normalized spacial score (nSPS) is 17.3. The van der Waals surface area contributed by atoms with E-state index in [9.17, 15) is 4.79 Å². The van der Waals surface area contributed by atoms with E-state index in [1.54, 1.807) is 0 Å². The summed E-state index contributed by atoms with van der Waals surface area (Å²) in [5, 5.41) is 3.06. The van der Waals surface area contributed by atoms with Crippen LogP contribution in [0.2, 0.25) is 0 Å². The lowest BCUT2D eigenvalue weighted by molar-refractivity contribution is 0.0936. The second-order valence-corrected chi connectivity index (χ2v) is 5.36. The first-order chi connectivity index (χ1) is 9.29. The molecule has 1 heterocycles. The molecule has 0 aromatic heterocycles. The average Bonchev–Trinajstić information content (AvgIpc) is 2.47. The third kappa shape index (κ3) is 4.35. The van der Waals surface area contributed by atoms with Gasteiger partial charge in [-0.15, -0.1) is 0 Å². The highest BCUT2D eigenvalue weighted by Crippen LogP contribution is 2.16. The molecule has 1 N–H and O–H groups in total. The van der Waals surface area contributed by atoms with Gasteiger partial charge in [0.25, 0.3) is 5.91 Å². The van der Waals surface area contributed by atoms with Crippen molar-refractivity contribution in [3.05, 3.63) is 35.9 Å². The van der Waals surface area contributed by atoms with E-state index in [0.29, 0.717) is 5.92 Å². The van der Waals surface area contributed by atoms with Gasteiger partial charge >= 0.3 is 0 Å². The minimum absolute atomic E-state index is 0.0524. The highest BCUT2D eigenvalue weighted by atomic mass is 16.1. The Morgan fingerprint density at radius 1 is 1.26 bits per heavy atom. The standard InChI is InChI=1S/C16H24N2O/c1-2-10-18-11-8-14(9-12-18)13-17-16(19)15-6-4-3-5-7-15/h3-7,14H,2,8-13H2,1H3,(H,17,19). The molecule has 0 spiro atoms. The molecule has 1 saturated heterocycles. The molecular weight excluding hydrogens is 236 g/mol. The third-order valence-corrected chi connectivity index (χ3v) is 3.83. The fourth-order valence-corrected chi connectivity index (χ4v) is 2.66. The zero-order chi connectivity index (χ0) is 13.5. The molecule has 0 atom stereocenters. The summed E-state index contributed by atoms with van der Waals surface area (Å²) in [6.45, 7) is 6.61. The second kappa shape index (κ2) is 7.29. The van der Waals surface area contributed by atoms with Gasteiger partial charge in [0.1, 0.15) is 0 Å². The SMILES string of the molecule is CCCN1CCC(CNC(=O)c2ccccc2)CC1. The van der Waals surface area contributed by atoms with Gasteiger partial charge in [-0.3, -0.25) is 4.79 Å². The van der Waals surface area contributed by atoms with E-state index in [2.05, 4.69) is 17.1 Å². The van der Waals surface area contributed by atoms with Gasteiger partial charge in [0.2, 0.25) is 0 Å². The van der Waals surface area contributed by atoms with Crippen LogP contribution in [0.15, 0.2) is 30.3 Å². The maximum absolute atomic E-state index is 11.9. The lowest BCUT2D eigenvalue weighted by atomic mass is 9.96. The number of rotatable bonds is 5. The van der Waals surface area contributed by atoms with Gasteiger partial charge in [-0.1, -0.05) is 25.1 Å². The number of hydrogen-bond acceptors (Lipinski definition) is 2. The predicted molar refractivity (Wildman–Crippen MR) is 78.2 cm³/mol.